The third-order valence-electron chi connectivity index (χ3n) is 4.32. The van der Waals surface area contributed by atoms with Gasteiger partial charge in [-0.1, -0.05) is 13.8 Å². The van der Waals surface area contributed by atoms with Gasteiger partial charge in [0.1, 0.15) is 5.82 Å². The first-order valence-corrected chi connectivity index (χ1v) is 9.72. The van der Waals surface area contributed by atoms with Crippen LogP contribution in [0.4, 0.5) is 5.13 Å². The molecule has 0 spiro atoms. The quantitative estimate of drug-likeness (QED) is 0.803. The molecule has 0 amide bonds. The Hall–Kier alpha value is -1.47. The van der Waals surface area contributed by atoms with Crippen molar-refractivity contribution in [2.45, 2.75) is 46.7 Å². The fourth-order valence-electron chi connectivity index (χ4n) is 3.06. The van der Waals surface area contributed by atoms with E-state index in [0.717, 1.165) is 56.6 Å². The van der Waals surface area contributed by atoms with Crippen LogP contribution < -0.4 is 4.90 Å². The van der Waals surface area contributed by atoms with Crippen LogP contribution in [0.15, 0.2) is 12.4 Å². The number of nitrogens with zero attached hydrogens (tertiary/aromatic N) is 6. The highest BCUT2D eigenvalue weighted by Gasteiger charge is 2.19. The van der Waals surface area contributed by atoms with Gasteiger partial charge in [0, 0.05) is 69.0 Å². The van der Waals surface area contributed by atoms with E-state index in [1.807, 2.05) is 10.9 Å². The summed E-state index contributed by atoms with van der Waals surface area (Å²) in [6.07, 6.45) is 6.29. The third kappa shape index (κ3) is 4.54. The maximum Gasteiger partial charge on any atom is 0.205 e. The molecule has 1 fully saturated rings. The second-order valence-corrected chi connectivity index (χ2v) is 7.64. The first-order chi connectivity index (χ1) is 11.6. The molecule has 0 bridgehead atoms. The maximum absolute atomic E-state index is 4.74. The van der Waals surface area contributed by atoms with Crippen molar-refractivity contribution in [3.63, 3.8) is 0 Å². The van der Waals surface area contributed by atoms with Crippen LogP contribution in [0.5, 0.6) is 0 Å². The second-order valence-electron chi connectivity index (χ2n) is 6.91. The molecule has 0 unspecified atom stereocenters. The minimum Gasteiger partial charge on any atom is -0.346 e. The van der Waals surface area contributed by atoms with E-state index in [9.17, 15) is 0 Å². The summed E-state index contributed by atoms with van der Waals surface area (Å²) in [5.41, 5.74) is 1.31. The first kappa shape index (κ1) is 17.4. The molecule has 7 heteroatoms. The van der Waals surface area contributed by atoms with Crippen LogP contribution in [-0.2, 0) is 19.5 Å². The van der Waals surface area contributed by atoms with Crippen LogP contribution in [0.1, 0.15) is 38.6 Å². The van der Waals surface area contributed by atoms with Gasteiger partial charge in [-0.3, -0.25) is 9.58 Å². The molecule has 24 heavy (non-hydrogen) atoms. The Labute approximate surface area is 148 Å². The lowest BCUT2D eigenvalue weighted by atomic mass is 10.1. The van der Waals surface area contributed by atoms with Crippen LogP contribution in [0.3, 0.4) is 0 Å². The molecule has 6 nitrogen and oxygen atoms in total. The monoisotopic (exact) mass is 348 g/mol. The molecule has 3 heterocycles. The Morgan fingerprint density at radius 2 is 2.08 bits per heavy atom. The Morgan fingerprint density at radius 3 is 2.83 bits per heavy atom. The summed E-state index contributed by atoms with van der Waals surface area (Å²) in [5, 5.41) is 5.46. The topological polar surface area (TPSA) is 50.1 Å². The van der Waals surface area contributed by atoms with Crippen molar-refractivity contribution in [2.75, 3.05) is 31.1 Å². The lowest BCUT2D eigenvalue weighted by molar-refractivity contribution is 0.285. The minimum absolute atomic E-state index is 0.608. The van der Waals surface area contributed by atoms with Gasteiger partial charge >= 0.3 is 0 Å². The molecular weight excluding hydrogens is 320 g/mol. The van der Waals surface area contributed by atoms with Gasteiger partial charge < -0.3 is 4.90 Å². The summed E-state index contributed by atoms with van der Waals surface area (Å²) >= 11 is 1.55. The minimum atomic E-state index is 0.608. The molecule has 3 rings (SSSR count). The van der Waals surface area contributed by atoms with Crippen molar-refractivity contribution in [1.29, 1.82) is 0 Å². The summed E-state index contributed by atoms with van der Waals surface area (Å²) in [7, 11) is 0. The van der Waals surface area contributed by atoms with E-state index in [1.165, 1.54) is 12.0 Å². The zero-order valence-electron chi connectivity index (χ0n) is 15.0. The third-order valence-corrected chi connectivity index (χ3v) is 5.14. The Balaban J connectivity index is 1.55. The highest BCUT2D eigenvalue weighted by atomic mass is 32.1. The lowest BCUT2D eigenvalue weighted by Crippen LogP contribution is -2.30. The molecule has 1 aliphatic heterocycles. The molecule has 1 aliphatic rings. The molecule has 0 N–H and O–H groups in total. The zero-order valence-corrected chi connectivity index (χ0v) is 15.8. The average molecular weight is 349 g/mol. The average Bonchev–Trinajstić information content (AvgIpc) is 3.13. The summed E-state index contributed by atoms with van der Waals surface area (Å²) < 4.78 is 6.52. The van der Waals surface area contributed by atoms with Crippen LogP contribution in [0.25, 0.3) is 0 Å². The number of hydrogen-bond donors (Lipinski definition) is 0. The van der Waals surface area contributed by atoms with Gasteiger partial charge in [0.15, 0.2) is 0 Å². The number of rotatable bonds is 6. The molecule has 0 aliphatic carbocycles. The Kier molecular flexibility index (Phi) is 5.84. The Morgan fingerprint density at radius 1 is 1.21 bits per heavy atom. The van der Waals surface area contributed by atoms with Crippen molar-refractivity contribution in [3.05, 3.63) is 23.8 Å². The van der Waals surface area contributed by atoms with Crippen LogP contribution in [0.2, 0.25) is 0 Å². The standard InChI is InChI=1S/C17H28N6S/c1-4-23-13-15(11-18-23)12-21-6-5-7-22(9-8-21)17-19-16(20-24-17)10-14(2)3/h11,13-14H,4-10,12H2,1-3H3. The normalized spacial score (nSPS) is 16.8. The van der Waals surface area contributed by atoms with E-state index in [2.05, 4.69) is 46.2 Å². The molecule has 0 atom stereocenters. The zero-order chi connectivity index (χ0) is 16.9. The Bertz CT molecular complexity index is 635. The molecule has 0 aromatic carbocycles. The molecule has 1 saturated heterocycles. The summed E-state index contributed by atoms with van der Waals surface area (Å²) in [5.74, 6) is 1.61. The first-order valence-electron chi connectivity index (χ1n) is 8.95. The van der Waals surface area contributed by atoms with Crippen molar-refractivity contribution < 1.29 is 0 Å². The van der Waals surface area contributed by atoms with E-state index < -0.39 is 0 Å². The van der Waals surface area contributed by atoms with Gasteiger partial charge in [-0.05, 0) is 19.3 Å². The largest absolute Gasteiger partial charge is 0.346 e. The lowest BCUT2D eigenvalue weighted by Gasteiger charge is -2.20. The maximum atomic E-state index is 4.74. The smallest absolute Gasteiger partial charge is 0.205 e. The van der Waals surface area contributed by atoms with Gasteiger partial charge in [-0.25, -0.2) is 4.98 Å². The fourth-order valence-corrected chi connectivity index (χ4v) is 3.81. The van der Waals surface area contributed by atoms with Crippen molar-refractivity contribution >= 4 is 16.7 Å². The van der Waals surface area contributed by atoms with Gasteiger partial charge in [0.2, 0.25) is 5.13 Å². The number of hydrogen-bond acceptors (Lipinski definition) is 6. The van der Waals surface area contributed by atoms with Crippen LogP contribution in [-0.4, -0.2) is 50.2 Å². The predicted octanol–water partition coefficient (Wildman–Crippen LogP) is 2.67. The van der Waals surface area contributed by atoms with Gasteiger partial charge in [-0.15, -0.1) is 0 Å². The molecule has 0 saturated carbocycles. The molecule has 2 aromatic rings. The van der Waals surface area contributed by atoms with Crippen LogP contribution >= 0.6 is 11.5 Å². The molecule has 0 radical (unpaired) electrons. The predicted molar refractivity (Wildman–Crippen MR) is 98.5 cm³/mol. The number of anilines is 1. The van der Waals surface area contributed by atoms with E-state index in [1.54, 1.807) is 11.5 Å². The number of aromatic nitrogens is 4. The van der Waals surface area contributed by atoms with E-state index in [4.69, 9.17) is 4.98 Å². The summed E-state index contributed by atoms with van der Waals surface area (Å²) in [6.45, 7) is 12.8. The van der Waals surface area contributed by atoms with E-state index >= 15 is 0 Å². The number of aryl methyl sites for hydroxylation is 1. The van der Waals surface area contributed by atoms with Crippen LogP contribution in [0, 0.1) is 5.92 Å². The SMILES string of the molecule is CCn1cc(CN2CCCN(c3nc(CC(C)C)ns3)CC2)cn1. The van der Waals surface area contributed by atoms with E-state index in [-0.39, 0.29) is 0 Å². The van der Waals surface area contributed by atoms with Crippen molar-refractivity contribution in [3.8, 4) is 0 Å². The second kappa shape index (κ2) is 8.07. The van der Waals surface area contributed by atoms with Crippen molar-refractivity contribution in [2.24, 2.45) is 5.92 Å². The highest BCUT2D eigenvalue weighted by Crippen LogP contribution is 2.21. The molecule has 2 aromatic heterocycles. The van der Waals surface area contributed by atoms with Crippen molar-refractivity contribution in [1.82, 2.24) is 24.0 Å². The van der Waals surface area contributed by atoms with Gasteiger partial charge in [0.25, 0.3) is 0 Å². The highest BCUT2D eigenvalue weighted by molar-refractivity contribution is 7.09. The molecular formula is C17H28N6S. The molecule has 132 valence electrons. The fraction of sp³-hybridized carbons (Fsp3) is 0.706. The summed E-state index contributed by atoms with van der Waals surface area (Å²) in [4.78, 5) is 9.66. The van der Waals surface area contributed by atoms with Gasteiger partial charge in [-0.2, -0.15) is 9.47 Å². The summed E-state index contributed by atoms with van der Waals surface area (Å²) in [6, 6.07) is 0. The van der Waals surface area contributed by atoms with E-state index in [0.29, 0.717) is 5.92 Å². The van der Waals surface area contributed by atoms with Gasteiger partial charge in [0.05, 0.1) is 6.20 Å².